The van der Waals surface area contributed by atoms with Crippen molar-refractivity contribution in [1.29, 1.82) is 0 Å². The number of carbonyl (C=O) groups is 2. The first-order valence-corrected chi connectivity index (χ1v) is 14.5. The lowest BCUT2D eigenvalue weighted by Gasteiger charge is -2.22. The normalized spacial score (nSPS) is 12.0. The predicted octanol–water partition coefficient (Wildman–Crippen LogP) is 6.71. The number of nitrogens with one attached hydrogen (secondary N) is 1. The van der Waals surface area contributed by atoms with Gasteiger partial charge in [-0.1, -0.05) is 54.6 Å². The van der Waals surface area contributed by atoms with E-state index >= 15 is 0 Å². The largest absolute Gasteiger partial charge is 0.497 e. The molecule has 45 heavy (non-hydrogen) atoms. The maximum absolute atomic E-state index is 13.5. The number of ether oxygens (including phenoxy) is 4. The number of methoxy groups -OCH3 is 1. The number of esters is 1. The summed E-state index contributed by atoms with van der Waals surface area (Å²) in [6.45, 7) is 5.67. The van der Waals surface area contributed by atoms with Gasteiger partial charge in [0.15, 0.2) is 0 Å². The molecule has 0 aliphatic heterocycles. The zero-order valence-corrected chi connectivity index (χ0v) is 25.6. The molecule has 0 aliphatic rings. The van der Waals surface area contributed by atoms with Crippen LogP contribution in [0.1, 0.15) is 37.5 Å². The number of fused-ring (bicyclic) bond motifs is 3. The molecule has 1 heterocycles. The summed E-state index contributed by atoms with van der Waals surface area (Å²) in [6, 6.07) is 25.8. The van der Waals surface area contributed by atoms with Gasteiger partial charge in [-0.25, -0.2) is 14.4 Å². The number of benzene rings is 4. The number of alkyl carbamates (subject to hydrolysis) is 1. The van der Waals surface area contributed by atoms with Gasteiger partial charge in [-0.3, -0.25) is 0 Å². The molecular weight excluding hydrogens is 574 g/mol. The fourth-order valence-electron chi connectivity index (χ4n) is 4.92. The molecule has 4 aromatic carbocycles. The summed E-state index contributed by atoms with van der Waals surface area (Å²) in [5.41, 5.74) is 1.44. The van der Waals surface area contributed by atoms with Crippen LogP contribution < -0.4 is 20.4 Å². The fourth-order valence-corrected chi connectivity index (χ4v) is 4.92. The fraction of sp³-hybridized carbons (Fsp3) is 0.250. The van der Waals surface area contributed by atoms with Crippen LogP contribution in [0, 0.1) is 0 Å². The van der Waals surface area contributed by atoms with Crippen LogP contribution in [0.15, 0.2) is 100 Å². The minimum absolute atomic E-state index is 0.0373. The van der Waals surface area contributed by atoms with E-state index in [1.54, 1.807) is 13.2 Å². The third kappa shape index (κ3) is 8.20. The van der Waals surface area contributed by atoms with E-state index in [0.29, 0.717) is 28.0 Å². The lowest BCUT2D eigenvalue weighted by atomic mass is 10.0. The number of amides is 1. The molecular formula is C36H35NO8. The van der Waals surface area contributed by atoms with Crippen molar-refractivity contribution in [3.05, 3.63) is 118 Å². The van der Waals surface area contributed by atoms with Crippen molar-refractivity contribution < 1.29 is 33.0 Å². The SMILES string of the molecule is COc1ccc2ccc3oc(=O)cc(COC(=O)C(Cc4ccc(OC(C)(C)C)cc4)NC(=O)OCc4ccccc4)c3c2c1. The molecule has 0 radical (unpaired) electrons. The predicted molar refractivity (Wildman–Crippen MR) is 170 cm³/mol. The summed E-state index contributed by atoms with van der Waals surface area (Å²) >= 11 is 0. The summed E-state index contributed by atoms with van der Waals surface area (Å²) in [5, 5.41) is 4.95. The average molecular weight is 610 g/mol. The molecule has 5 aromatic rings. The molecule has 9 nitrogen and oxygen atoms in total. The Labute approximate surface area is 260 Å². The van der Waals surface area contributed by atoms with Crippen molar-refractivity contribution in [1.82, 2.24) is 5.32 Å². The van der Waals surface area contributed by atoms with E-state index in [-0.39, 0.29) is 25.2 Å². The van der Waals surface area contributed by atoms with E-state index in [4.69, 9.17) is 23.4 Å². The van der Waals surface area contributed by atoms with E-state index in [1.807, 2.05) is 99.6 Å². The zero-order chi connectivity index (χ0) is 32.0. The maximum atomic E-state index is 13.5. The summed E-state index contributed by atoms with van der Waals surface area (Å²) < 4.78 is 27.9. The van der Waals surface area contributed by atoms with Gasteiger partial charge < -0.3 is 28.7 Å². The highest BCUT2D eigenvalue weighted by atomic mass is 16.6. The Morgan fingerprint density at radius 1 is 0.822 bits per heavy atom. The molecule has 1 aromatic heterocycles. The van der Waals surface area contributed by atoms with Crippen molar-refractivity contribution >= 4 is 33.8 Å². The average Bonchev–Trinajstić information content (AvgIpc) is 3.02. The van der Waals surface area contributed by atoms with E-state index in [0.717, 1.165) is 21.9 Å². The van der Waals surface area contributed by atoms with Crippen molar-refractivity contribution in [2.75, 3.05) is 7.11 Å². The zero-order valence-electron chi connectivity index (χ0n) is 25.6. The van der Waals surface area contributed by atoms with Crippen LogP contribution in [0.3, 0.4) is 0 Å². The lowest BCUT2D eigenvalue weighted by molar-refractivity contribution is -0.147. The Hall–Kier alpha value is -5.31. The van der Waals surface area contributed by atoms with Crippen LogP contribution in [0.4, 0.5) is 4.79 Å². The topological polar surface area (TPSA) is 113 Å². The number of carbonyl (C=O) groups excluding carboxylic acids is 2. The Balaban J connectivity index is 1.38. The molecule has 1 amide bonds. The standard InChI is InChI=1S/C36H35NO8/c1-36(2,3)45-27-14-10-23(11-15-27)18-30(37-35(40)43-21-24-8-6-5-7-9-24)34(39)42-22-26-19-32(38)44-31-17-13-25-12-16-28(41-4)20-29(25)33(26)31/h5-17,19-20,30H,18,21-22H2,1-4H3,(H,37,40). The minimum atomic E-state index is -1.08. The third-order valence-corrected chi connectivity index (χ3v) is 6.96. The second-order valence-corrected chi connectivity index (χ2v) is 11.5. The molecule has 0 saturated carbocycles. The molecule has 0 fully saturated rings. The van der Waals surface area contributed by atoms with E-state index < -0.39 is 23.7 Å². The first-order chi connectivity index (χ1) is 21.6. The number of hydrogen-bond donors (Lipinski definition) is 1. The van der Waals surface area contributed by atoms with Gasteiger partial charge in [-0.05, 0) is 73.0 Å². The third-order valence-electron chi connectivity index (χ3n) is 6.96. The van der Waals surface area contributed by atoms with Gasteiger partial charge in [0.05, 0.1) is 7.11 Å². The van der Waals surface area contributed by atoms with Crippen molar-refractivity contribution in [3.63, 3.8) is 0 Å². The smallest absolute Gasteiger partial charge is 0.408 e. The summed E-state index contributed by atoms with van der Waals surface area (Å²) in [7, 11) is 1.57. The van der Waals surface area contributed by atoms with Crippen molar-refractivity contribution in [2.45, 2.75) is 52.0 Å². The van der Waals surface area contributed by atoms with Crippen molar-refractivity contribution in [3.8, 4) is 11.5 Å². The molecule has 1 atom stereocenters. The van der Waals surface area contributed by atoms with Crippen LogP contribution in [-0.4, -0.2) is 30.8 Å². The van der Waals surface area contributed by atoms with Gasteiger partial charge in [0.25, 0.3) is 0 Å². The highest BCUT2D eigenvalue weighted by Gasteiger charge is 2.25. The van der Waals surface area contributed by atoms with Gasteiger partial charge in [-0.2, -0.15) is 0 Å². The Bertz CT molecular complexity index is 1860. The van der Waals surface area contributed by atoms with E-state index in [9.17, 15) is 14.4 Å². The molecule has 0 spiro atoms. The quantitative estimate of drug-likeness (QED) is 0.106. The summed E-state index contributed by atoms with van der Waals surface area (Å²) in [6.07, 6.45) is -0.634. The molecule has 0 saturated heterocycles. The first-order valence-electron chi connectivity index (χ1n) is 14.5. The summed E-state index contributed by atoms with van der Waals surface area (Å²) in [4.78, 5) is 38.8. The van der Waals surface area contributed by atoms with Gasteiger partial charge in [-0.15, -0.1) is 0 Å². The summed E-state index contributed by atoms with van der Waals surface area (Å²) in [5.74, 6) is 0.612. The van der Waals surface area contributed by atoms with E-state index in [2.05, 4.69) is 5.32 Å². The van der Waals surface area contributed by atoms with Crippen LogP contribution in [-0.2, 0) is 33.9 Å². The van der Waals surface area contributed by atoms with Gasteiger partial charge in [0.2, 0.25) is 0 Å². The van der Waals surface area contributed by atoms with Crippen LogP contribution in [0.2, 0.25) is 0 Å². The van der Waals surface area contributed by atoms with Gasteiger partial charge >= 0.3 is 17.7 Å². The van der Waals surface area contributed by atoms with Gasteiger partial charge in [0.1, 0.15) is 41.9 Å². The molecule has 0 aliphatic carbocycles. The Kier molecular flexibility index (Phi) is 9.37. The van der Waals surface area contributed by atoms with Crippen LogP contribution >= 0.6 is 0 Å². The highest BCUT2D eigenvalue weighted by Crippen LogP contribution is 2.31. The van der Waals surface area contributed by atoms with Crippen molar-refractivity contribution in [2.24, 2.45) is 0 Å². The highest BCUT2D eigenvalue weighted by molar-refractivity contribution is 6.07. The monoisotopic (exact) mass is 609 g/mol. The minimum Gasteiger partial charge on any atom is -0.497 e. The molecule has 0 bridgehead atoms. The Morgan fingerprint density at radius 3 is 2.24 bits per heavy atom. The van der Waals surface area contributed by atoms with Gasteiger partial charge in [0, 0.05) is 23.4 Å². The lowest BCUT2D eigenvalue weighted by Crippen LogP contribution is -2.43. The van der Waals surface area contributed by atoms with Crippen LogP contribution in [0.5, 0.6) is 11.5 Å². The first kappa shape index (κ1) is 31.1. The van der Waals surface area contributed by atoms with E-state index in [1.165, 1.54) is 6.07 Å². The molecule has 232 valence electrons. The molecule has 1 unspecified atom stereocenters. The molecule has 5 rings (SSSR count). The second-order valence-electron chi connectivity index (χ2n) is 11.5. The number of hydrogen-bond acceptors (Lipinski definition) is 8. The number of rotatable bonds is 10. The maximum Gasteiger partial charge on any atom is 0.408 e. The molecule has 9 heteroatoms. The molecule has 1 N–H and O–H groups in total. The van der Waals surface area contributed by atoms with Crippen LogP contribution in [0.25, 0.3) is 21.7 Å². The second kappa shape index (κ2) is 13.5. The Morgan fingerprint density at radius 2 is 1.53 bits per heavy atom.